The van der Waals surface area contributed by atoms with Crippen LogP contribution in [0.1, 0.15) is 24.2 Å². The topological polar surface area (TPSA) is 142 Å². The molecule has 0 aliphatic heterocycles. The number of rotatable bonds is 4. The molecule has 0 saturated heterocycles. The van der Waals surface area contributed by atoms with Crippen LogP contribution in [0.25, 0.3) is 21.8 Å². The minimum absolute atomic E-state index is 0.256. The Morgan fingerprint density at radius 3 is 2.03 bits per heavy atom. The molecule has 0 fully saturated rings. The number of hydrogen-bond donors (Lipinski definition) is 4. The van der Waals surface area contributed by atoms with E-state index in [0.717, 1.165) is 0 Å². The third-order valence-electron chi connectivity index (χ3n) is 4.13. The summed E-state index contributed by atoms with van der Waals surface area (Å²) in [4.78, 5) is 49.4. The van der Waals surface area contributed by atoms with Gasteiger partial charge in [-0.2, -0.15) is 0 Å². The number of pyridine rings is 2. The van der Waals surface area contributed by atoms with Crippen LogP contribution in [0.2, 0.25) is 0 Å². The quantitative estimate of drug-likeness (QED) is 0.393. The lowest BCUT2D eigenvalue weighted by atomic mass is 10.2. The molecule has 0 bridgehead atoms. The van der Waals surface area contributed by atoms with Crippen molar-refractivity contribution in [2.45, 2.75) is 13.8 Å². The van der Waals surface area contributed by atoms with Crippen molar-refractivity contribution >= 4 is 51.2 Å². The first-order valence-corrected chi connectivity index (χ1v) is 8.62. The summed E-state index contributed by atoms with van der Waals surface area (Å²) in [5, 5.41) is 6.33. The number of carbonyl (C=O) groups is 3. The zero-order valence-corrected chi connectivity index (χ0v) is 15.5. The predicted molar refractivity (Wildman–Crippen MR) is 106 cm³/mol. The van der Waals surface area contributed by atoms with Gasteiger partial charge in [0.15, 0.2) is 5.75 Å². The monoisotopic (exact) mass is 392 g/mol. The molecular weight excluding hydrogens is 376 g/mol. The summed E-state index contributed by atoms with van der Waals surface area (Å²) in [7, 11) is 0. The third-order valence-corrected chi connectivity index (χ3v) is 4.13. The van der Waals surface area contributed by atoms with E-state index in [0.29, 0.717) is 44.8 Å². The molecule has 2 amide bonds. The van der Waals surface area contributed by atoms with Crippen molar-refractivity contribution < 1.29 is 19.1 Å². The smallest absolute Gasteiger partial charge is 0.345 e. The molecule has 0 saturated carbocycles. The molecule has 4 heterocycles. The molecule has 4 aromatic heterocycles. The highest BCUT2D eigenvalue weighted by atomic mass is 16.5. The van der Waals surface area contributed by atoms with Crippen molar-refractivity contribution in [3.05, 3.63) is 42.5 Å². The average Bonchev–Trinajstić information content (AvgIpc) is 3.24. The van der Waals surface area contributed by atoms with Gasteiger partial charge in [-0.15, -0.1) is 0 Å². The van der Waals surface area contributed by atoms with Gasteiger partial charge in [0.2, 0.25) is 11.8 Å². The summed E-state index contributed by atoms with van der Waals surface area (Å²) in [5.74, 6) is -0.136. The first-order chi connectivity index (χ1) is 13.9. The van der Waals surface area contributed by atoms with Crippen LogP contribution in [-0.2, 0) is 9.59 Å². The Kier molecular flexibility index (Phi) is 4.43. The second-order valence-corrected chi connectivity index (χ2v) is 6.34. The molecule has 10 nitrogen and oxygen atoms in total. The van der Waals surface area contributed by atoms with Crippen LogP contribution in [0.4, 0.5) is 11.6 Å². The Balaban J connectivity index is 1.65. The maximum atomic E-state index is 12.8. The van der Waals surface area contributed by atoms with Crippen LogP contribution in [0.5, 0.6) is 5.75 Å². The Hall–Kier alpha value is -4.21. The lowest BCUT2D eigenvalue weighted by Crippen LogP contribution is -2.09. The maximum absolute atomic E-state index is 12.8. The van der Waals surface area contributed by atoms with Crippen molar-refractivity contribution in [2.75, 3.05) is 10.6 Å². The van der Waals surface area contributed by atoms with E-state index in [9.17, 15) is 14.4 Å². The predicted octanol–water partition coefficient (Wildman–Crippen LogP) is 2.58. The fourth-order valence-corrected chi connectivity index (χ4v) is 2.92. The molecule has 146 valence electrons. The number of carbonyl (C=O) groups excluding carboxylic acids is 3. The number of anilines is 2. The van der Waals surface area contributed by atoms with Gasteiger partial charge < -0.3 is 25.3 Å². The first-order valence-electron chi connectivity index (χ1n) is 8.62. The summed E-state index contributed by atoms with van der Waals surface area (Å²) in [6.45, 7) is 2.75. The highest BCUT2D eigenvalue weighted by Gasteiger charge is 2.18. The molecule has 0 aromatic carbocycles. The van der Waals surface area contributed by atoms with Crippen LogP contribution in [0.15, 0.2) is 36.9 Å². The van der Waals surface area contributed by atoms with Gasteiger partial charge in [-0.1, -0.05) is 0 Å². The number of ether oxygens (including phenoxy) is 1. The van der Waals surface area contributed by atoms with Crippen molar-refractivity contribution in [1.29, 1.82) is 0 Å². The van der Waals surface area contributed by atoms with Gasteiger partial charge in [-0.3, -0.25) is 9.59 Å². The van der Waals surface area contributed by atoms with Crippen molar-refractivity contribution in [1.82, 2.24) is 19.9 Å². The van der Waals surface area contributed by atoms with Crippen LogP contribution < -0.4 is 15.4 Å². The Morgan fingerprint density at radius 1 is 0.862 bits per heavy atom. The van der Waals surface area contributed by atoms with Gasteiger partial charge in [0.25, 0.3) is 0 Å². The molecule has 4 N–H and O–H groups in total. The van der Waals surface area contributed by atoms with E-state index in [2.05, 4.69) is 30.6 Å². The number of H-pyrrole nitrogens is 2. The van der Waals surface area contributed by atoms with Crippen LogP contribution in [0.3, 0.4) is 0 Å². The Morgan fingerprint density at radius 2 is 1.41 bits per heavy atom. The number of esters is 1. The van der Waals surface area contributed by atoms with Gasteiger partial charge in [0, 0.05) is 37.0 Å². The molecular formula is C19H16N6O4. The van der Waals surface area contributed by atoms with E-state index in [1.807, 2.05) is 0 Å². The van der Waals surface area contributed by atoms with E-state index in [-0.39, 0.29) is 11.8 Å². The van der Waals surface area contributed by atoms with Crippen molar-refractivity contribution in [3.8, 4) is 5.75 Å². The van der Waals surface area contributed by atoms with Crippen LogP contribution in [-0.4, -0.2) is 37.7 Å². The second-order valence-electron chi connectivity index (χ2n) is 6.34. The average molecular weight is 392 g/mol. The zero-order chi connectivity index (χ0) is 20.5. The van der Waals surface area contributed by atoms with Gasteiger partial charge in [-0.25, -0.2) is 14.8 Å². The van der Waals surface area contributed by atoms with E-state index in [1.54, 1.807) is 18.3 Å². The summed E-state index contributed by atoms with van der Waals surface area (Å²) in [6.07, 6.45) is 6.12. The molecule has 0 aliphatic rings. The molecule has 4 rings (SSSR count). The number of nitrogens with one attached hydrogen (secondary N) is 4. The summed E-state index contributed by atoms with van der Waals surface area (Å²) < 4.78 is 5.56. The summed E-state index contributed by atoms with van der Waals surface area (Å²) in [6, 6.07) is 3.21. The van der Waals surface area contributed by atoms with E-state index >= 15 is 0 Å². The molecule has 0 unspecified atom stereocenters. The lowest BCUT2D eigenvalue weighted by molar-refractivity contribution is -0.115. The Bertz CT molecular complexity index is 1270. The Labute approximate surface area is 163 Å². The molecule has 10 heteroatoms. The maximum Gasteiger partial charge on any atom is 0.345 e. The van der Waals surface area contributed by atoms with E-state index in [1.165, 1.54) is 32.4 Å². The standard InChI is InChI=1S/C19H16N6O4/c1-9(26)24-17-3-11-13(5-20-14(11)6-22-17)19(28)29-16-8-21-15-7-23-18(4-12(15)16)25-10(2)27/h3-8,20-21H,1-2H3,(H,22,24,26)(H,23,25,27). The molecule has 0 atom stereocenters. The molecule has 0 spiro atoms. The van der Waals surface area contributed by atoms with Gasteiger partial charge in [0.1, 0.15) is 11.6 Å². The van der Waals surface area contributed by atoms with Crippen molar-refractivity contribution in [2.24, 2.45) is 0 Å². The fourth-order valence-electron chi connectivity index (χ4n) is 2.92. The van der Waals surface area contributed by atoms with Gasteiger partial charge in [0.05, 0.1) is 29.0 Å². The molecule has 0 aliphatic carbocycles. The highest BCUT2D eigenvalue weighted by Crippen LogP contribution is 2.29. The zero-order valence-electron chi connectivity index (χ0n) is 15.5. The number of hydrogen-bond acceptors (Lipinski definition) is 6. The summed E-state index contributed by atoms with van der Waals surface area (Å²) in [5.41, 5.74) is 1.57. The van der Waals surface area contributed by atoms with E-state index < -0.39 is 5.97 Å². The number of fused-ring (bicyclic) bond motifs is 2. The fraction of sp³-hybridized carbons (Fsp3) is 0.105. The number of amides is 2. The highest BCUT2D eigenvalue weighted by molar-refractivity contribution is 6.06. The normalized spacial score (nSPS) is 10.8. The number of nitrogens with zero attached hydrogens (tertiary/aromatic N) is 2. The third kappa shape index (κ3) is 3.63. The lowest BCUT2D eigenvalue weighted by Gasteiger charge is -2.05. The van der Waals surface area contributed by atoms with E-state index in [4.69, 9.17) is 4.74 Å². The molecule has 4 aromatic rings. The van der Waals surface area contributed by atoms with Gasteiger partial charge >= 0.3 is 5.97 Å². The molecule has 0 radical (unpaired) electrons. The minimum atomic E-state index is -0.588. The second kappa shape index (κ2) is 7.08. The van der Waals surface area contributed by atoms with Crippen LogP contribution in [0, 0.1) is 0 Å². The minimum Gasteiger partial charge on any atom is -0.421 e. The number of aromatic nitrogens is 4. The SMILES string of the molecule is CC(=O)Nc1cc2c(OC(=O)c3c[nH]c4cnc(NC(C)=O)cc34)c[nH]c2cn1. The number of aromatic amines is 2. The van der Waals surface area contributed by atoms with Crippen LogP contribution >= 0.6 is 0 Å². The first kappa shape index (κ1) is 18.2. The van der Waals surface area contributed by atoms with Crippen molar-refractivity contribution in [3.63, 3.8) is 0 Å². The largest absolute Gasteiger partial charge is 0.421 e. The summed E-state index contributed by atoms with van der Waals surface area (Å²) >= 11 is 0. The molecule has 29 heavy (non-hydrogen) atoms. The van der Waals surface area contributed by atoms with Gasteiger partial charge in [-0.05, 0) is 12.1 Å².